The monoisotopic (exact) mass is 347 g/mol. The Morgan fingerprint density at radius 3 is 2.77 bits per heavy atom. The summed E-state index contributed by atoms with van der Waals surface area (Å²) in [6.07, 6.45) is 7.82. The number of aromatic nitrogens is 2. The van der Waals surface area contributed by atoms with Crippen LogP contribution in [0, 0.1) is 6.92 Å². The van der Waals surface area contributed by atoms with Crippen LogP contribution in [0.4, 0.5) is 0 Å². The summed E-state index contributed by atoms with van der Waals surface area (Å²) in [5.74, 6) is -0.240. The molecule has 0 aliphatic heterocycles. The summed E-state index contributed by atoms with van der Waals surface area (Å²) < 4.78 is 1.91. The van der Waals surface area contributed by atoms with Gasteiger partial charge in [0, 0.05) is 30.7 Å². The number of imidazole rings is 1. The van der Waals surface area contributed by atoms with Crippen molar-refractivity contribution >= 4 is 12.0 Å². The average Bonchev–Trinajstić information content (AvgIpc) is 3.19. The van der Waals surface area contributed by atoms with Crippen LogP contribution in [0.15, 0.2) is 73.3 Å². The summed E-state index contributed by atoms with van der Waals surface area (Å²) in [7, 11) is 0. The largest absolute Gasteiger partial charge is 0.387 e. The van der Waals surface area contributed by atoms with Gasteiger partial charge in [0.1, 0.15) is 0 Å². The first-order valence-corrected chi connectivity index (χ1v) is 8.41. The molecule has 26 heavy (non-hydrogen) atoms. The topological polar surface area (TPSA) is 67.2 Å². The molecule has 3 aromatic rings. The number of rotatable bonds is 6. The highest BCUT2D eigenvalue weighted by atomic mass is 16.3. The summed E-state index contributed by atoms with van der Waals surface area (Å²) in [6, 6.07) is 15.4. The molecule has 0 aliphatic rings. The predicted octanol–water partition coefficient (Wildman–Crippen LogP) is 3.04. The zero-order chi connectivity index (χ0) is 18.4. The molecule has 1 aromatic heterocycles. The Labute approximate surface area is 152 Å². The van der Waals surface area contributed by atoms with Gasteiger partial charge < -0.3 is 15.0 Å². The molecule has 1 heterocycles. The molecule has 0 fully saturated rings. The molecule has 2 aromatic carbocycles. The lowest BCUT2D eigenvalue weighted by molar-refractivity contribution is -0.116. The van der Waals surface area contributed by atoms with E-state index in [2.05, 4.69) is 10.3 Å². The van der Waals surface area contributed by atoms with Crippen LogP contribution in [0.5, 0.6) is 0 Å². The van der Waals surface area contributed by atoms with Crippen molar-refractivity contribution in [1.29, 1.82) is 0 Å². The molecule has 1 amide bonds. The predicted molar refractivity (Wildman–Crippen MR) is 102 cm³/mol. The summed E-state index contributed by atoms with van der Waals surface area (Å²) in [6.45, 7) is 2.14. The first kappa shape index (κ1) is 17.6. The van der Waals surface area contributed by atoms with Gasteiger partial charge in [-0.2, -0.15) is 0 Å². The Bertz CT molecular complexity index is 884. The number of amides is 1. The van der Waals surface area contributed by atoms with Gasteiger partial charge in [-0.25, -0.2) is 4.98 Å². The molecule has 0 spiro atoms. The van der Waals surface area contributed by atoms with Crippen LogP contribution in [0.1, 0.15) is 22.8 Å². The standard InChI is InChI=1S/C21H21N3O2/c1-16-3-2-4-18(13-16)20(25)14-23-21(26)10-7-17-5-8-19(9-6-17)24-12-11-22-15-24/h2-13,15,20,25H,14H2,1H3,(H,23,26)/b10-7+. The van der Waals surface area contributed by atoms with E-state index in [4.69, 9.17) is 0 Å². The van der Waals surface area contributed by atoms with Crippen molar-refractivity contribution in [3.63, 3.8) is 0 Å². The number of hydrogen-bond donors (Lipinski definition) is 2. The first-order valence-electron chi connectivity index (χ1n) is 8.41. The second kappa shape index (κ2) is 8.27. The van der Waals surface area contributed by atoms with Gasteiger partial charge >= 0.3 is 0 Å². The molecule has 0 bridgehead atoms. The number of nitrogens with one attached hydrogen (secondary N) is 1. The van der Waals surface area contributed by atoms with Gasteiger partial charge in [-0.15, -0.1) is 0 Å². The van der Waals surface area contributed by atoms with Crippen molar-refractivity contribution in [3.05, 3.63) is 90.0 Å². The number of carbonyl (C=O) groups is 1. The fourth-order valence-corrected chi connectivity index (χ4v) is 2.59. The lowest BCUT2D eigenvalue weighted by Gasteiger charge is -2.11. The Hall–Kier alpha value is -3.18. The Balaban J connectivity index is 1.53. The summed E-state index contributed by atoms with van der Waals surface area (Å²) in [5.41, 5.74) is 3.80. The number of aryl methyl sites for hydroxylation is 1. The van der Waals surface area contributed by atoms with Crippen LogP contribution in [-0.4, -0.2) is 27.1 Å². The van der Waals surface area contributed by atoms with Crippen molar-refractivity contribution in [2.75, 3.05) is 6.54 Å². The van der Waals surface area contributed by atoms with E-state index in [1.165, 1.54) is 6.08 Å². The second-order valence-corrected chi connectivity index (χ2v) is 6.07. The molecule has 0 radical (unpaired) electrons. The van der Waals surface area contributed by atoms with E-state index in [0.29, 0.717) is 0 Å². The van der Waals surface area contributed by atoms with E-state index in [1.807, 2.05) is 66.2 Å². The number of aliphatic hydroxyl groups is 1. The fraction of sp³-hybridized carbons (Fsp3) is 0.143. The minimum atomic E-state index is -0.721. The maximum absolute atomic E-state index is 12.0. The van der Waals surface area contributed by atoms with Gasteiger partial charge in [0.15, 0.2) is 0 Å². The molecule has 2 N–H and O–H groups in total. The first-order chi connectivity index (χ1) is 12.6. The number of nitrogens with zero attached hydrogens (tertiary/aromatic N) is 2. The number of benzene rings is 2. The second-order valence-electron chi connectivity index (χ2n) is 6.07. The van der Waals surface area contributed by atoms with Crippen LogP contribution in [0.3, 0.4) is 0 Å². The lowest BCUT2D eigenvalue weighted by atomic mass is 10.1. The Morgan fingerprint density at radius 1 is 1.27 bits per heavy atom. The van der Waals surface area contributed by atoms with Crippen molar-refractivity contribution in [3.8, 4) is 5.69 Å². The quantitative estimate of drug-likeness (QED) is 0.674. The molecule has 1 unspecified atom stereocenters. The summed E-state index contributed by atoms with van der Waals surface area (Å²) >= 11 is 0. The molecule has 1 atom stereocenters. The van der Waals surface area contributed by atoms with Gasteiger partial charge in [0.05, 0.1) is 12.4 Å². The molecular weight excluding hydrogens is 326 g/mol. The molecule has 132 valence electrons. The SMILES string of the molecule is Cc1cccc(C(O)CNC(=O)/C=C/c2ccc(-n3ccnc3)cc2)c1. The third-order valence-electron chi connectivity index (χ3n) is 4.02. The number of aliphatic hydroxyl groups excluding tert-OH is 1. The van der Waals surface area contributed by atoms with E-state index in [0.717, 1.165) is 22.4 Å². The highest BCUT2D eigenvalue weighted by Crippen LogP contribution is 2.13. The highest BCUT2D eigenvalue weighted by molar-refractivity contribution is 5.91. The number of carbonyl (C=O) groups excluding carboxylic acids is 1. The molecule has 0 saturated carbocycles. The van der Waals surface area contributed by atoms with E-state index >= 15 is 0 Å². The molecular formula is C21H21N3O2. The van der Waals surface area contributed by atoms with Crippen molar-refractivity contribution in [2.45, 2.75) is 13.0 Å². The van der Waals surface area contributed by atoms with Gasteiger partial charge in [-0.05, 0) is 36.3 Å². The third kappa shape index (κ3) is 4.68. The highest BCUT2D eigenvalue weighted by Gasteiger charge is 2.08. The smallest absolute Gasteiger partial charge is 0.244 e. The van der Waals surface area contributed by atoms with Gasteiger partial charge in [-0.3, -0.25) is 4.79 Å². The number of hydrogen-bond acceptors (Lipinski definition) is 3. The minimum absolute atomic E-state index is 0.173. The van der Waals surface area contributed by atoms with Crippen LogP contribution in [0.2, 0.25) is 0 Å². The Morgan fingerprint density at radius 2 is 2.08 bits per heavy atom. The average molecular weight is 347 g/mol. The maximum Gasteiger partial charge on any atom is 0.244 e. The van der Waals surface area contributed by atoms with Crippen LogP contribution in [-0.2, 0) is 4.79 Å². The van der Waals surface area contributed by atoms with E-state index < -0.39 is 6.10 Å². The summed E-state index contributed by atoms with van der Waals surface area (Å²) in [5, 5.41) is 12.9. The van der Waals surface area contributed by atoms with Gasteiger partial charge in [0.2, 0.25) is 5.91 Å². The molecule has 0 aliphatic carbocycles. The normalized spacial score (nSPS) is 12.2. The van der Waals surface area contributed by atoms with Crippen LogP contribution in [0.25, 0.3) is 11.8 Å². The third-order valence-corrected chi connectivity index (χ3v) is 4.02. The minimum Gasteiger partial charge on any atom is -0.387 e. The zero-order valence-corrected chi connectivity index (χ0v) is 14.5. The summed E-state index contributed by atoms with van der Waals surface area (Å²) in [4.78, 5) is 16.0. The zero-order valence-electron chi connectivity index (χ0n) is 14.5. The molecule has 0 saturated heterocycles. The fourth-order valence-electron chi connectivity index (χ4n) is 2.59. The van der Waals surface area contributed by atoms with Crippen LogP contribution >= 0.6 is 0 Å². The van der Waals surface area contributed by atoms with E-state index in [9.17, 15) is 9.90 Å². The van der Waals surface area contributed by atoms with Crippen LogP contribution < -0.4 is 5.32 Å². The molecule has 5 heteroatoms. The van der Waals surface area contributed by atoms with E-state index in [-0.39, 0.29) is 12.5 Å². The van der Waals surface area contributed by atoms with E-state index in [1.54, 1.807) is 18.6 Å². The molecule has 5 nitrogen and oxygen atoms in total. The lowest BCUT2D eigenvalue weighted by Crippen LogP contribution is -2.26. The van der Waals surface area contributed by atoms with Crippen molar-refractivity contribution in [1.82, 2.24) is 14.9 Å². The van der Waals surface area contributed by atoms with Gasteiger partial charge in [-0.1, -0.05) is 42.0 Å². The molecule has 3 rings (SSSR count). The maximum atomic E-state index is 12.0. The van der Waals surface area contributed by atoms with Crippen molar-refractivity contribution < 1.29 is 9.90 Å². The van der Waals surface area contributed by atoms with Crippen molar-refractivity contribution in [2.24, 2.45) is 0 Å². The van der Waals surface area contributed by atoms with Gasteiger partial charge in [0.25, 0.3) is 0 Å². The Kier molecular flexibility index (Phi) is 5.61.